The lowest BCUT2D eigenvalue weighted by Gasteiger charge is -2.37. The fraction of sp³-hybridized carbons (Fsp3) is 0.600. The van der Waals surface area contributed by atoms with Crippen LogP contribution in [0.1, 0.15) is 20.3 Å². The van der Waals surface area contributed by atoms with Crippen molar-refractivity contribution >= 4 is 5.69 Å². The zero-order chi connectivity index (χ0) is 18.3. The Morgan fingerprint density at radius 3 is 2.40 bits per heavy atom. The molecule has 1 heterocycles. The van der Waals surface area contributed by atoms with Gasteiger partial charge in [0.15, 0.2) is 0 Å². The third kappa shape index (κ3) is 5.64. The number of anilines is 1. The second-order valence-corrected chi connectivity index (χ2v) is 6.68. The van der Waals surface area contributed by atoms with Crippen LogP contribution in [0.3, 0.4) is 0 Å². The lowest BCUT2D eigenvalue weighted by atomic mass is 10.1. The van der Waals surface area contributed by atoms with Crippen molar-refractivity contribution in [1.82, 2.24) is 4.90 Å². The molecular weight excluding hydrogens is 316 g/mol. The number of benzene rings is 1. The number of aliphatic hydroxyl groups excluding tert-OH is 1. The maximum absolute atomic E-state index is 10.2. The lowest BCUT2D eigenvalue weighted by Crippen LogP contribution is -2.49. The van der Waals surface area contributed by atoms with Gasteiger partial charge in [-0.3, -0.25) is 4.90 Å². The minimum Gasteiger partial charge on any atom is -0.497 e. The van der Waals surface area contributed by atoms with Crippen LogP contribution in [-0.4, -0.2) is 68.2 Å². The molecule has 0 aromatic heterocycles. The van der Waals surface area contributed by atoms with Gasteiger partial charge >= 0.3 is 0 Å². The van der Waals surface area contributed by atoms with E-state index in [9.17, 15) is 5.11 Å². The van der Waals surface area contributed by atoms with Crippen LogP contribution in [0.15, 0.2) is 24.3 Å². The highest BCUT2D eigenvalue weighted by Gasteiger charge is 2.23. The number of ether oxygens (including phenoxy) is 2. The Bertz CT molecular complexity index is 561. The molecule has 5 nitrogen and oxygen atoms in total. The van der Waals surface area contributed by atoms with Gasteiger partial charge in [0.05, 0.1) is 19.8 Å². The Hall–Kier alpha value is -1.74. The summed E-state index contributed by atoms with van der Waals surface area (Å²) >= 11 is 0. The Balaban J connectivity index is 1.75. The van der Waals surface area contributed by atoms with E-state index >= 15 is 0 Å². The van der Waals surface area contributed by atoms with E-state index < -0.39 is 11.7 Å². The molecule has 1 aromatic carbocycles. The van der Waals surface area contributed by atoms with E-state index in [1.54, 1.807) is 7.11 Å². The summed E-state index contributed by atoms with van der Waals surface area (Å²) in [4.78, 5) is 4.62. The van der Waals surface area contributed by atoms with E-state index in [1.165, 1.54) is 5.69 Å². The first-order valence-corrected chi connectivity index (χ1v) is 8.91. The fourth-order valence-electron chi connectivity index (χ4n) is 2.86. The van der Waals surface area contributed by atoms with Crippen molar-refractivity contribution in [2.24, 2.45) is 0 Å². The van der Waals surface area contributed by atoms with Gasteiger partial charge in [-0.2, -0.15) is 0 Å². The smallest absolute Gasteiger partial charge is 0.125 e. The molecule has 2 rings (SSSR count). The summed E-state index contributed by atoms with van der Waals surface area (Å²) in [5.74, 6) is 3.53. The van der Waals surface area contributed by atoms with Crippen molar-refractivity contribution in [2.75, 3.05) is 51.3 Å². The van der Waals surface area contributed by atoms with Crippen molar-refractivity contribution in [3.8, 4) is 18.1 Å². The molecule has 0 unspecified atom stereocenters. The Labute approximate surface area is 151 Å². The second kappa shape index (κ2) is 9.10. The number of rotatable bonds is 8. The van der Waals surface area contributed by atoms with Crippen LogP contribution >= 0.6 is 0 Å². The second-order valence-electron chi connectivity index (χ2n) is 6.68. The molecule has 2 atom stereocenters. The molecule has 0 saturated carbocycles. The lowest BCUT2D eigenvalue weighted by molar-refractivity contribution is -0.0473. The topological polar surface area (TPSA) is 45.2 Å². The summed E-state index contributed by atoms with van der Waals surface area (Å²) in [7, 11) is 1.68. The monoisotopic (exact) mass is 346 g/mol. The average molecular weight is 346 g/mol. The number of nitrogens with zero attached hydrogens (tertiary/aromatic N) is 2. The molecule has 1 aliphatic rings. The molecule has 1 saturated heterocycles. The summed E-state index contributed by atoms with van der Waals surface area (Å²) in [6, 6.07) is 8.14. The third-order valence-corrected chi connectivity index (χ3v) is 4.85. The third-order valence-electron chi connectivity index (χ3n) is 4.85. The fourth-order valence-corrected chi connectivity index (χ4v) is 2.86. The van der Waals surface area contributed by atoms with Crippen LogP contribution in [-0.2, 0) is 4.74 Å². The summed E-state index contributed by atoms with van der Waals surface area (Å²) in [5.41, 5.74) is 0.616. The van der Waals surface area contributed by atoms with Crippen LogP contribution in [0, 0.1) is 12.3 Å². The number of terminal acetylenes is 1. The van der Waals surface area contributed by atoms with Crippen LogP contribution in [0.2, 0.25) is 0 Å². The van der Waals surface area contributed by atoms with Gasteiger partial charge in [0.2, 0.25) is 0 Å². The molecule has 138 valence electrons. The van der Waals surface area contributed by atoms with E-state index in [-0.39, 0.29) is 6.61 Å². The number of β-amino-alcohol motifs (C(OH)–C–C–N with tert-alkyl or cyclic N) is 1. The summed E-state index contributed by atoms with van der Waals surface area (Å²) < 4.78 is 10.9. The molecule has 0 amide bonds. The van der Waals surface area contributed by atoms with Crippen LogP contribution in [0.25, 0.3) is 0 Å². The molecule has 0 radical (unpaired) electrons. The molecule has 0 bridgehead atoms. The maximum atomic E-state index is 10.2. The number of hydrogen-bond donors (Lipinski definition) is 1. The zero-order valence-electron chi connectivity index (χ0n) is 15.6. The molecule has 25 heavy (non-hydrogen) atoms. The van der Waals surface area contributed by atoms with Crippen molar-refractivity contribution in [1.29, 1.82) is 0 Å². The van der Waals surface area contributed by atoms with E-state index in [2.05, 4.69) is 27.9 Å². The molecule has 0 aliphatic carbocycles. The highest BCUT2D eigenvalue weighted by Crippen LogP contribution is 2.20. The van der Waals surface area contributed by atoms with Gasteiger partial charge in [-0.25, -0.2) is 0 Å². The molecule has 1 aliphatic heterocycles. The van der Waals surface area contributed by atoms with Crippen LogP contribution in [0.5, 0.6) is 5.75 Å². The highest BCUT2D eigenvalue weighted by molar-refractivity contribution is 5.49. The van der Waals surface area contributed by atoms with Gasteiger partial charge in [-0.15, -0.1) is 6.42 Å². The number of piperazine rings is 1. The summed E-state index contributed by atoms with van der Waals surface area (Å²) in [6.07, 6.45) is 5.71. The minimum atomic E-state index is -0.589. The molecule has 1 N–H and O–H groups in total. The van der Waals surface area contributed by atoms with Gasteiger partial charge < -0.3 is 19.5 Å². The quantitative estimate of drug-likeness (QED) is 0.730. The van der Waals surface area contributed by atoms with Gasteiger partial charge in [0.1, 0.15) is 11.4 Å². The number of hydrogen-bond acceptors (Lipinski definition) is 5. The van der Waals surface area contributed by atoms with Crippen LogP contribution < -0.4 is 9.64 Å². The molecule has 1 aromatic rings. The van der Waals surface area contributed by atoms with Gasteiger partial charge in [-0.05, 0) is 37.6 Å². The average Bonchev–Trinajstić information content (AvgIpc) is 2.67. The predicted molar refractivity (Wildman–Crippen MR) is 101 cm³/mol. The summed E-state index contributed by atoms with van der Waals surface area (Å²) in [6.45, 7) is 8.48. The molecule has 1 fully saturated rings. The minimum absolute atomic E-state index is 0.271. The Morgan fingerprint density at radius 2 is 1.88 bits per heavy atom. The van der Waals surface area contributed by atoms with Crippen molar-refractivity contribution in [3.05, 3.63) is 24.3 Å². The molecule has 0 spiro atoms. The first kappa shape index (κ1) is 19.6. The van der Waals surface area contributed by atoms with Gasteiger partial charge in [0, 0.05) is 38.4 Å². The molecule has 5 heteroatoms. The molecular formula is C20H30N2O3. The first-order chi connectivity index (χ1) is 12.0. The van der Waals surface area contributed by atoms with Crippen molar-refractivity contribution in [3.63, 3.8) is 0 Å². The first-order valence-electron chi connectivity index (χ1n) is 8.91. The van der Waals surface area contributed by atoms with E-state index in [4.69, 9.17) is 15.9 Å². The summed E-state index contributed by atoms with van der Waals surface area (Å²) in [5, 5.41) is 10.2. The zero-order valence-corrected chi connectivity index (χ0v) is 15.6. The van der Waals surface area contributed by atoms with Crippen molar-refractivity contribution in [2.45, 2.75) is 32.0 Å². The normalized spacial score (nSPS) is 19.1. The van der Waals surface area contributed by atoms with Gasteiger partial charge in [-0.1, -0.05) is 12.8 Å². The predicted octanol–water partition coefficient (Wildman–Crippen LogP) is 2.00. The maximum Gasteiger partial charge on any atom is 0.125 e. The highest BCUT2D eigenvalue weighted by atomic mass is 16.5. The van der Waals surface area contributed by atoms with Crippen molar-refractivity contribution < 1.29 is 14.6 Å². The number of methoxy groups -OCH3 is 1. The van der Waals surface area contributed by atoms with E-state index in [0.29, 0.717) is 6.54 Å². The Kier molecular flexibility index (Phi) is 7.12. The van der Waals surface area contributed by atoms with Crippen LogP contribution in [0.4, 0.5) is 5.69 Å². The largest absolute Gasteiger partial charge is 0.497 e. The van der Waals surface area contributed by atoms with E-state index in [0.717, 1.165) is 38.3 Å². The van der Waals surface area contributed by atoms with Gasteiger partial charge in [0.25, 0.3) is 0 Å². The standard InChI is InChI=1S/C20H30N2O3/c1-5-20(3,6-2)25-16-18(23)15-21-11-13-22(14-12-21)17-7-9-19(24-4)10-8-17/h1,7-10,18,23H,6,11-16H2,2-4H3/t18-,20+/m1/s1. The number of aliphatic hydroxyl groups is 1. The Morgan fingerprint density at radius 1 is 1.24 bits per heavy atom. The SMILES string of the molecule is C#C[C@@](C)(CC)OC[C@H](O)CN1CCN(c2ccc(OC)cc2)CC1. The van der Waals surface area contributed by atoms with E-state index in [1.807, 2.05) is 26.0 Å².